The Morgan fingerprint density at radius 2 is 1.93 bits per heavy atom. The Labute approximate surface area is 83.6 Å². The number of carbonyl (C=O) groups is 2. The number of ether oxygens (including phenoxy) is 2. The highest BCUT2D eigenvalue weighted by atomic mass is 16.5. The molecule has 1 rings (SSSR count). The number of hydrogen-bond acceptors (Lipinski definition) is 4. The van der Waals surface area contributed by atoms with Crippen LogP contribution in [0.3, 0.4) is 0 Å². The van der Waals surface area contributed by atoms with Crippen molar-refractivity contribution in [3.63, 3.8) is 0 Å². The summed E-state index contributed by atoms with van der Waals surface area (Å²) in [4.78, 5) is 23.1. The lowest BCUT2D eigenvalue weighted by Gasteiger charge is -2.32. The highest BCUT2D eigenvalue weighted by Gasteiger charge is 2.45. The first-order chi connectivity index (χ1) is 6.63. The Hall–Kier alpha value is -0.900. The molecule has 1 saturated heterocycles. The van der Waals surface area contributed by atoms with Crippen LogP contribution in [0.25, 0.3) is 0 Å². The van der Waals surface area contributed by atoms with Gasteiger partial charge in [0, 0.05) is 13.2 Å². The van der Waals surface area contributed by atoms with Crippen molar-refractivity contribution in [3.8, 4) is 0 Å². The van der Waals surface area contributed by atoms with Gasteiger partial charge in [-0.3, -0.25) is 9.59 Å². The van der Waals surface area contributed by atoms with E-state index >= 15 is 0 Å². The van der Waals surface area contributed by atoms with Crippen molar-refractivity contribution in [1.82, 2.24) is 0 Å². The van der Waals surface area contributed by atoms with Gasteiger partial charge in [-0.15, -0.1) is 0 Å². The molecule has 1 fully saturated rings. The summed E-state index contributed by atoms with van der Waals surface area (Å²) in [5, 5.41) is 0. The van der Waals surface area contributed by atoms with E-state index in [0.717, 1.165) is 0 Å². The van der Waals surface area contributed by atoms with Crippen LogP contribution in [0, 0.1) is 5.41 Å². The fourth-order valence-corrected chi connectivity index (χ4v) is 1.69. The summed E-state index contributed by atoms with van der Waals surface area (Å²) in [6, 6.07) is 0. The smallest absolute Gasteiger partial charge is 0.319 e. The van der Waals surface area contributed by atoms with Crippen molar-refractivity contribution >= 4 is 11.8 Å². The number of carbonyl (C=O) groups excluding carboxylic acids is 2. The number of Topliss-reactive ketones (excluding diaryl/α,β-unsaturated/α-hetero) is 1. The topological polar surface area (TPSA) is 52.6 Å². The van der Waals surface area contributed by atoms with Crippen molar-refractivity contribution in [1.29, 1.82) is 0 Å². The van der Waals surface area contributed by atoms with Crippen molar-refractivity contribution in [3.05, 3.63) is 0 Å². The van der Waals surface area contributed by atoms with E-state index in [2.05, 4.69) is 0 Å². The van der Waals surface area contributed by atoms with Gasteiger partial charge in [-0.05, 0) is 26.7 Å². The Bertz CT molecular complexity index is 228. The lowest BCUT2D eigenvalue weighted by molar-refractivity contribution is -0.165. The molecule has 0 radical (unpaired) electrons. The molecule has 14 heavy (non-hydrogen) atoms. The first-order valence-electron chi connectivity index (χ1n) is 4.89. The molecule has 0 saturated carbocycles. The van der Waals surface area contributed by atoms with E-state index < -0.39 is 11.4 Å². The largest absolute Gasteiger partial charge is 0.465 e. The molecular formula is C10H16O4. The summed E-state index contributed by atoms with van der Waals surface area (Å²) >= 11 is 0. The highest BCUT2D eigenvalue weighted by molar-refractivity contribution is 6.02. The maximum atomic E-state index is 11.7. The molecule has 0 aromatic carbocycles. The number of hydrogen-bond donors (Lipinski definition) is 0. The second-order valence-corrected chi connectivity index (χ2v) is 3.47. The molecule has 0 bridgehead atoms. The van der Waals surface area contributed by atoms with Crippen LogP contribution in [-0.2, 0) is 19.1 Å². The van der Waals surface area contributed by atoms with Gasteiger partial charge < -0.3 is 9.47 Å². The Kier molecular flexibility index (Phi) is 3.63. The third-order valence-corrected chi connectivity index (χ3v) is 2.69. The van der Waals surface area contributed by atoms with Gasteiger partial charge in [0.2, 0.25) is 0 Å². The van der Waals surface area contributed by atoms with Crippen LogP contribution in [0.2, 0.25) is 0 Å². The molecule has 0 spiro atoms. The summed E-state index contributed by atoms with van der Waals surface area (Å²) < 4.78 is 10.1. The van der Waals surface area contributed by atoms with Gasteiger partial charge in [0.25, 0.3) is 0 Å². The Balaban J connectivity index is 2.80. The van der Waals surface area contributed by atoms with Crippen LogP contribution in [0.1, 0.15) is 26.7 Å². The molecule has 80 valence electrons. The summed E-state index contributed by atoms with van der Waals surface area (Å²) in [5.41, 5.74) is -0.936. The predicted molar refractivity (Wildman–Crippen MR) is 49.8 cm³/mol. The zero-order chi connectivity index (χ0) is 10.6. The molecule has 0 aliphatic carbocycles. The quantitative estimate of drug-likeness (QED) is 0.502. The zero-order valence-corrected chi connectivity index (χ0v) is 8.67. The van der Waals surface area contributed by atoms with Crippen LogP contribution < -0.4 is 0 Å². The van der Waals surface area contributed by atoms with E-state index in [1.807, 2.05) is 0 Å². The lowest BCUT2D eigenvalue weighted by Crippen LogP contribution is -2.44. The van der Waals surface area contributed by atoms with E-state index in [9.17, 15) is 9.59 Å². The molecule has 4 heteroatoms. The molecule has 1 heterocycles. The van der Waals surface area contributed by atoms with Gasteiger partial charge in [-0.2, -0.15) is 0 Å². The second-order valence-electron chi connectivity index (χ2n) is 3.47. The van der Waals surface area contributed by atoms with E-state index in [0.29, 0.717) is 32.7 Å². The van der Waals surface area contributed by atoms with Crippen molar-refractivity contribution < 1.29 is 19.1 Å². The summed E-state index contributed by atoms with van der Waals surface area (Å²) in [6.45, 7) is 4.42. The molecular weight excluding hydrogens is 184 g/mol. The molecule has 0 amide bonds. The number of rotatable bonds is 3. The Morgan fingerprint density at radius 1 is 1.36 bits per heavy atom. The van der Waals surface area contributed by atoms with Gasteiger partial charge in [-0.25, -0.2) is 0 Å². The SMILES string of the molecule is CCOC(=O)C1(C(C)=O)CCOCC1. The average molecular weight is 200 g/mol. The average Bonchev–Trinajstić information content (AvgIpc) is 2.19. The van der Waals surface area contributed by atoms with Crippen molar-refractivity contribution in [2.24, 2.45) is 5.41 Å². The fourth-order valence-electron chi connectivity index (χ4n) is 1.69. The minimum Gasteiger partial charge on any atom is -0.465 e. The first-order valence-corrected chi connectivity index (χ1v) is 4.89. The predicted octanol–water partition coefficient (Wildman–Crippen LogP) is 0.935. The van der Waals surface area contributed by atoms with Gasteiger partial charge >= 0.3 is 5.97 Å². The van der Waals surface area contributed by atoms with Gasteiger partial charge in [0.1, 0.15) is 11.2 Å². The third-order valence-electron chi connectivity index (χ3n) is 2.69. The highest BCUT2D eigenvalue weighted by Crippen LogP contribution is 2.32. The molecule has 4 nitrogen and oxygen atoms in total. The monoisotopic (exact) mass is 200 g/mol. The first kappa shape index (κ1) is 11.2. The standard InChI is InChI=1S/C10H16O4/c1-3-14-9(12)10(8(2)11)4-6-13-7-5-10/h3-7H2,1-2H3. The second kappa shape index (κ2) is 4.55. The molecule has 0 atom stereocenters. The minimum absolute atomic E-state index is 0.112. The van der Waals surface area contributed by atoms with E-state index in [1.165, 1.54) is 6.92 Å². The lowest BCUT2D eigenvalue weighted by atomic mass is 9.77. The van der Waals surface area contributed by atoms with Crippen LogP contribution in [-0.4, -0.2) is 31.6 Å². The van der Waals surface area contributed by atoms with Crippen LogP contribution in [0.4, 0.5) is 0 Å². The number of ketones is 1. The summed E-state index contributed by atoms with van der Waals surface area (Å²) in [6.07, 6.45) is 0.891. The van der Waals surface area contributed by atoms with E-state index in [-0.39, 0.29) is 5.78 Å². The van der Waals surface area contributed by atoms with Crippen molar-refractivity contribution in [2.45, 2.75) is 26.7 Å². The van der Waals surface area contributed by atoms with Gasteiger partial charge in [0.05, 0.1) is 6.61 Å². The van der Waals surface area contributed by atoms with Crippen LogP contribution in [0.15, 0.2) is 0 Å². The minimum atomic E-state index is -0.936. The zero-order valence-electron chi connectivity index (χ0n) is 8.67. The van der Waals surface area contributed by atoms with E-state index in [4.69, 9.17) is 9.47 Å². The normalized spacial score (nSPS) is 20.1. The maximum Gasteiger partial charge on any atom is 0.319 e. The van der Waals surface area contributed by atoms with E-state index in [1.54, 1.807) is 6.92 Å². The molecule has 0 aromatic rings. The molecule has 0 aromatic heterocycles. The molecule has 1 aliphatic rings. The van der Waals surface area contributed by atoms with Crippen LogP contribution in [0.5, 0.6) is 0 Å². The fraction of sp³-hybridized carbons (Fsp3) is 0.800. The van der Waals surface area contributed by atoms with Crippen molar-refractivity contribution in [2.75, 3.05) is 19.8 Å². The third kappa shape index (κ3) is 1.95. The molecule has 0 unspecified atom stereocenters. The van der Waals surface area contributed by atoms with Crippen LogP contribution >= 0.6 is 0 Å². The summed E-state index contributed by atoms with van der Waals surface area (Å²) in [7, 11) is 0. The van der Waals surface area contributed by atoms with Gasteiger partial charge in [-0.1, -0.05) is 0 Å². The maximum absolute atomic E-state index is 11.7. The molecule has 0 N–H and O–H groups in total. The molecule has 1 aliphatic heterocycles. The Morgan fingerprint density at radius 3 is 2.36 bits per heavy atom. The number of esters is 1. The summed E-state index contributed by atoms with van der Waals surface area (Å²) in [5.74, 6) is -0.505. The van der Waals surface area contributed by atoms with Gasteiger partial charge in [0.15, 0.2) is 0 Å².